The third-order valence-electron chi connectivity index (χ3n) is 3.51. The molecule has 3 aromatic carbocycles. The molecular formula is C15H14BNO2. The van der Waals surface area contributed by atoms with E-state index in [4.69, 9.17) is 5.73 Å². The normalized spacial score (nSPS) is 11.1. The topological polar surface area (TPSA) is 66.5 Å². The molecule has 3 nitrogen and oxygen atoms in total. The van der Waals surface area contributed by atoms with E-state index in [2.05, 4.69) is 6.07 Å². The summed E-state index contributed by atoms with van der Waals surface area (Å²) in [4.78, 5) is 0. The Morgan fingerprint density at radius 3 is 2.42 bits per heavy atom. The van der Waals surface area contributed by atoms with Crippen LogP contribution in [0.3, 0.4) is 0 Å². The Bertz CT molecular complexity index is 756. The average Bonchev–Trinajstić information content (AvgIpc) is 2.43. The molecule has 0 bridgehead atoms. The SMILES string of the molecule is NCc1c2ccccc2cc2cccc(B(O)O)c12. The minimum atomic E-state index is -1.49. The summed E-state index contributed by atoms with van der Waals surface area (Å²) in [5.74, 6) is 0. The highest BCUT2D eigenvalue weighted by Gasteiger charge is 2.17. The molecule has 0 saturated heterocycles. The maximum Gasteiger partial charge on any atom is 0.489 e. The first-order chi connectivity index (χ1) is 9.22. The van der Waals surface area contributed by atoms with Gasteiger partial charge in [0.05, 0.1) is 0 Å². The molecule has 0 spiro atoms. The van der Waals surface area contributed by atoms with E-state index in [-0.39, 0.29) is 0 Å². The molecule has 0 aromatic heterocycles. The highest BCUT2D eigenvalue weighted by atomic mass is 16.4. The molecule has 19 heavy (non-hydrogen) atoms. The summed E-state index contributed by atoms with van der Waals surface area (Å²) in [5.41, 5.74) is 7.35. The first kappa shape index (κ1) is 12.2. The number of fused-ring (bicyclic) bond motifs is 2. The Kier molecular flexibility index (Phi) is 2.99. The van der Waals surface area contributed by atoms with Crippen molar-refractivity contribution in [2.75, 3.05) is 0 Å². The summed E-state index contributed by atoms with van der Waals surface area (Å²) < 4.78 is 0. The number of hydrogen-bond donors (Lipinski definition) is 3. The predicted molar refractivity (Wildman–Crippen MR) is 79.2 cm³/mol. The van der Waals surface area contributed by atoms with Gasteiger partial charge in [-0.05, 0) is 38.6 Å². The fourth-order valence-electron chi connectivity index (χ4n) is 2.68. The molecule has 94 valence electrons. The number of hydrogen-bond acceptors (Lipinski definition) is 3. The molecule has 0 atom stereocenters. The van der Waals surface area contributed by atoms with Gasteiger partial charge < -0.3 is 15.8 Å². The Morgan fingerprint density at radius 2 is 1.68 bits per heavy atom. The van der Waals surface area contributed by atoms with E-state index in [1.165, 1.54) is 0 Å². The minimum absolute atomic E-state index is 0.363. The van der Waals surface area contributed by atoms with E-state index in [1.807, 2.05) is 36.4 Å². The van der Waals surface area contributed by atoms with Gasteiger partial charge in [0.25, 0.3) is 0 Å². The van der Waals surface area contributed by atoms with Crippen molar-refractivity contribution in [1.29, 1.82) is 0 Å². The summed E-state index contributed by atoms with van der Waals surface area (Å²) in [5, 5.41) is 23.1. The molecule has 3 rings (SSSR count). The molecule has 0 amide bonds. The second kappa shape index (κ2) is 4.66. The van der Waals surface area contributed by atoms with Crippen LogP contribution in [0, 0.1) is 0 Å². The van der Waals surface area contributed by atoms with Crippen molar-refractivity contribution in [1.82, 2.24) is 0 Å². The van der Waals surface area contributed by atoms with E-state index in [0.29, 0.717) is 12.0 Å². The highest BCUT2D eigenvalue weighted by molar-refractivity contribution is 6.62. The Balaban J connectivity index is 2.53. The van der Waals surface area contributed by atoms with E-state index in [9.17, 15) is 10.0 Å². The number of nitrogens with two attached hydrogens (primary N) is 1. The maximum atomic E-state index is 9.53. The quantitative estimate of drug-likeness (QED) is 0.472. The van der Waals surface area contributed by atoms with Crippen LogP contribution in [-0.2, 0) is 6.54 Å². The summed E-state index contributed by atoms with van der Waals surface area (Å²) in [6, 6.07) is 15.6. The Morgan fingerprint density at radius 1 is 0.947 bits per heavy atom. The highest BCUT2D eigenvalue weighted by Crippen LogP contribution is 2.27. The zero-order chi connectivity index (χ0) is 13.4. The van der Waals surface area contributed by atoms with Crippen LogP contribution in [0.5, 0.6) is 0 Å². The Labute approximate surface area is 111 Å². The summed E-state index contributed by atoms with van der Waals surface area (Å²) in [6.45, 7) is 0.363. The standard InChI is InChI=1S/C15H14BNO2/c17-9-13-12-6-2-1-4-10(12)8-11-5-3-7-14(15(11)13)16(18)19/h1-8,18-19H,9,17H2. The van der Waals surface area contributed by atoms with Crippen LogP contribution in [0.2, 0.25) is 0 Å². The van der Waals surface area contributed by atoms with Crippen LogP contribution < -0.4 is 11.2 Å². The van der Waals surface area contributed by atoms with Gasteiger partial charge >= 0.3 is 7.12 Å². The third kappa shape index (κ3) is 1.90. The molecule has 0 heterocycles. The van der Waals surface area contributed by atoms with Gasteiger partial charge in [-0.25, -0.2) is 0 Å². The molecule has 0 saturated carbocycles. The van der Waals surface area contributed by atoms with Crippen LogP contribution in [0.1, 0.15) is 5.56 Å². The van der Waals surface area contributed by atoms with E-state index >= 15 is 0 Å². The summed E-state index contributed by atoms with van der Waals surface area (Å²) >= 11 is 0. The third-order valence-corrected chi connectivity index (χ3v) is 3.51. The molecule has 0 aliphatic carbocycles. The molecule has 4 N–H and O–H groups in total. The minimum Gasteiger partial charge on any atom is -0.423 e. The smallest absolute Gasteiger partial charge is 0.423 e. The van der Waals surface area contributed by atoms with Crippen LogP contribution in [0.4, 0.5) is 0 Å². The van der Waals surface area contributed by atoms with Gasteiger partial charge in [-0.1, -0.05) is 42.5 Å². The average molecular weight is 251 g/mol. The van der Waals surface area contributed by atoms with Gasteiger partial charge in [0.15, 0.2) is 0 Å². The molecule has 0 fully saturated rings. The van der Waals surface area contributed by atoms with Crippen molar-refractivity contribution in [2.24, 2.45) is 5.73 Å². The van der Waals surface area contributed by atoms with Crippen molar-refractivity contribution in [3.63, 3.8) is 0 Å². The van der Waals surface area contributed by atoms with Crippen molar-refractivity contribution in [3.8, 4) is 0 Å². The summed E-state index contributed by atoms with van der Waals surface area (Å²) in [7, 11) is -1.49. The molecular weight excluding hydrogens is 237 g/mol. The van der Waals surface area contributed by atoms with Crippen LogP contribution in [0.15, 0.2) is 48.5 Å². The first-order valence-electron chi connectivity index (χ1n) is 6.22. The molecule has 3 aromatic rings. The first-order valence-corrected chi connectivity index (χ1v) is 6.22. The van der Waals surface area contributed by atoms with Gasteiger partial charge in [-0.2, -0.15) is 0 Å². The van der Waals surface area contributed by atoms with Crippen LogP contribution in [-0.4, -0.2) is 17.2 Å². The molecule has 0 unspecified atom stereocenters. The van der Waals surface area contributed by atoms with Crippen molar-refractivity contribution in [2.45, 2.75) is 6.54 Å². The van der Waals surface area contributed by atoms with E-state index in [0.717, 1.165) is 27.1 Å². The van der Waals surface area contributed by atoms with Gasteiger partial charge in [0.2, 0.25) is 0 Å². The van der Waals surface area contributed by atoms with Crippen LogP contribution in [0.25, 0.3) is 21.5 Å². The zero-order valence-electron chi connectivity index (χ0n) is 10.4. The molecule has 0 radical (unpaired) electrons. The predicted octanol–water partition coefficient (Wildman–Crippen LogP) is 1.13. The lowest BCUT2D eigenvalue weighted by molar-refractivity contribution is 0.426. The zero-order valence-corrected chi connectivity index (χ0v) is 10.4. The van der Waals surface area contributed by atoms with Gasteiger partial charge in [0, 0.05) is 6.54 Å². The lowest BCUT2D eigenvalue weighted by Crippen LogP contribution is -2.31. The van der Waals surface area contributed by atoms with Gasteiger partial charge in [0.1, 0.15) is 0 Å². The van der Waals surface area contributed by atoms with Crippen molar-refractivity contribution < 1.29 is 10.0 Å². The van der Waals surface area contributed by atoms with E-state index < -0.39 is 7.12 Å². The molecule has 4 heteroatoms. The van der Waals surface area contributed by atoms with Crippen molar-refractivity contribution >= 4 is 34.1 Å². The second-order valence-electron chi connectivity index (χ2n) is 4.60. The molecule has 0 aliphatic rings. The van der Waals surface area contributed by atoms with Crippen LogP contribution >= 0.6 is 0 Å². The fraction of sp³-hybridized carbons (Fsp3) is 0.0667. The largest absolute Gasteiger partial charge is 0.489 e. The maximum absolute atomic E-state index is 9.53. The number of benzene rings is 3. The monoisotopic (exact) mass is 251 g/mol. The van der Waals surface area contributed by atoms with Gasteiger partial charge in [-0.15, -0.1) is 0 Å². The lowest BCUT2D eigenvalue weighted by Gasteiger charge is -2.13. The van der Waals surface area contributed by atoms with E-state index in [1.54, 1.807) is 6.07 Å². The number of rotatable bonds is 2. The van der Waals surface area contributed by atoms with Gasteiger partial charge in [-0.3, -0.25) is 0 Å². The second-order valence-corrected chi connectivity index (χ2v) is 4.60. The lowest BCUT2D eigenvalue weighted by atomic mass is 9.75. The summed E-state index contributed by atoms with van der Waals surface area (Å²) in [6.07, 6.45) is 0. The fourth-order valence-corrected chi connectivity index (χ4v) is 2.68. The van der Waals surface area contributed by atoms with Crippen molar-refractivity contribution in [3.05, 3.63) is 54.1 Å². The Hall–Kier alpha value is -1.88. The molecule has 0 aliphatic heterocycles.